The van der Waals surface area contributed by atoms with Crippen LogP contribution in [-0.4, -0.2) is 43.6 Å². The predicted octanol–water partition coefficient (Wildman–Crippen LogP) is 1.13. The van der Waals surface area contributed by atoms with Gasteiger partial charge in [0.15, 0.2) is 0 Å². The minimum Gasteiger partial charge on any atom is -0.387 e. The number of thioether (sulfide) groups is 1. The quantitative estimate of drug-likeness (QED) is 0.605. The maximum atomic E-state index is 12.2. The number of aliphatic hydroxyl groups is 1. The molecule has 0 amide bonds. The van der Waals surface area contributed by atoms with Crippen LogP contribution in [0.15, 0.2) is 29.2 Å². The Hall–Kier alpha value is -2.13. The van der Waals surface area contributed by atoms with E-state index in [1.54, 1.807) is 25.1 Å². The molecular weight excluding hydrogens is 308 g/mol. The molecule has 0 aromatic carbocycles. The van der Waals surface area contributed by atoms with E-state index >= 15 is 0 Å². The highest BCUT2D eigenvalue weighted by Crippen LogP contribution is 2.20. The van der Waals surface area contributed by atoms with Gasteiger partial charge in [0.2, 0.25) is 5.82 Å². The molecule has 0 saturated carbocycles. The van der Waals surface area contributed by atoms with Crippen molar-refractivity contribution in [3.8, 4) is 0 Å². The highest BCUT2D eigenvalue weighted by molar-refractivity contribution is 7.98. The maximum absolute atomic E-state index is 12.2. The molecule has 2 aromatic rings. The highest BCUT2D eigenvalue weighted by Gasteiger charge is 2.26. The topological polar surface area (TPSA) is 110 Å². The summed E-state index contributed by atoms with van der Waals surface area (Å²) < 4.78 is 1.11. The molecule has 0 aliphatic rings. The Morgan fingerprint density at radius 3 is 2.91 bits per heavy atom. The van der Waals surface area contributed by atoms with Gasteiger partial charge >= 0.3 is 11.2 Å². The Labute approximate surface area is 130 Å². The third-order valence-corrected chi connectivity index (χ3v) is 3.90. The molecule has 2 aromatic heterocycles. The van der Waals surface area contributed by atoms with Crippen molar-refractivity contribution >= 4 is 28.9 Å². The fourth-order valence-corrected chi connectivity index (χ4v) is 2.73. The van der Waals surface area contributed by atoms with Gasteiger partial charge in [0.05, 0.1) is 10.5 Å². The third-order valence-electron chi connectivity index (χ3n) is 2.98. The molecule has 2 rings (SSSR count). The van der Waals surface area contributed by atoms with Crippen LogP contribution in [0.25, 0.3) is 5.65 Å². The molecule has 1 atom stereocenters. The SMILES string of the molecule is CSCC(C)(O)CNc1nc2ccccn2c(=O)c1[N+](=O)[O-]. The number of pyridine rings is 1. The molecule has 0 fully saturated rings. The summed E-state index contributed by atoms with van der Waals surface area (Å²) in [5.41, 5.74) is -2.17. The number of hydrogen-bond donors (Lipinski definition) is 2. The van der Waals surface area contributed by atoms with E-state index in [-0.39, 0.29) is 12.4 Å². The van der Waals surface area contributed by atoms with E-state index in [4.69, 9.17) is 0 Å². The van der Waals surface area contributed by atoms with E-state index in [9.17, 15) is 20.0 Å². The standard InChI is InChI=1S/C13H16N4O4S/c1-13(19,8-22-2)7-14-11-10(17(20)21)12(18)16-6-4-3-5-9(16)15-11/h3-6,14,19H,7-8H2,1-2H3. The lowest BCUT2D eigenvalue weighted by atomic mass is 10.1. The number of nitrogens with one attached hydrogen (secondary N) is 1. The van der Waals surface area contributed by atoms with Crippen molar-refractivity contribution in [3.05, 3.63) is 44.9 Å². The minimum absolute atomic E-state index is 0.0458. The molecular formula is C13H16N4O4S. The second-order valence-electron chi connectivity index (χ2n) is 5.08. The van der Waals surface area contributed by atoms with E-state index in [1.807, 2.05) is 6.26 Å². The molecule has 0 aliphatic carbocycles. The number of nitro groups is 1. The minimum atomic E-state index is -1.07. The van der Waals surface area contributed by atoms with Gasteiger partial charge in [-0.25, -0.2) is 4.98 Å². The third kappa shape index (κ3) is 3.37. The van der Waals surface area contributed by atoms with Crippen molar-refractivity contribution in [1.82, 2.24) is 9.38 Å². The van der Waals surface area contributed by atoms with Crippen LogP contribution in [0.4, 0.5) is 11.5 Å². The molecule has 9 heteroatoms. The summed E-state index contributed by atoms with van der Waals surface area (Å²) in [6, 6.07) is 4.85. The summed E-state index contributed by atoms with van der Waals surface area (Å²) in [4.78, 5) is 26.7. The average Bonchev–Trinajstić information content (AvgIpc) is 2.45. The molecule has 0 spiro atoms. The number of rotatable bonds is 6. The first-order valence-corrected chi connectivity index (χ1v) is 7.86. The lowest BCUT2D eigenvalue weighted by molar-refractivity contribution is -0.385. The molecule has 2 N–H and O–H groups in total. The number of hydrogen-bond acceptors (Lipinski definition) is 7. The van der Waals surface area contributed by atoms with Crippen molar-refractivity contribution in [2.45, 2.75) is 12.5 Å². The lowest BCUT2D eigenvalue weighted by Gasteiger charge is -2.22. The Kier molecular flexibility index (Phi) is 4.67. The van der Waals surface area contributed by atoms with Gasteiger partial charge in [-0.15, -0.1) is 0 Å². The van der Waals surface area contributed by atoms with Crippen LogP contribution in [0, 0.1) is 10.1 Å². The largest absolute Gasteiger partial charge is 0.387 e. The molecule has 0 aliphatic heterocycles. The van der Waals surface area contributed by atoms with Gasteiger partial charge in [0.1, 0.15) is 5.65 Å². The van der Waals surface area contributed by atoms with Crippen LogP contribution in [0.3, 0.4) is 0 Å². The van der Waals surface area contributed by atoms with Gasteiger partial charge in [-0.3, -0.25) is 19.3 Å². The number of anilines is 1. The predicted molar refractivity (Wildman–Crippen MR) is 85.6 cm³/mol. The molecule has 2 heterocycles. The van der Waals surface area contributed by atoms with E-state index in [0.29, 0.717) is 11.4 Å². The Morgan fingerprint density at radius 2 is 2.27 bits per heavy atom. The molecule has 0 saturated heterocycles. The molecule has 0 radical (unpaired) electrons. The van der Waals surface area contributed by atoms with E-state index < -0.39 is 21.8 Å². The fourth-order valence-electron chi connectivity index (χ4n) is 2.00. The van der Waals surface area contributed by atoms with Crippen LogP contribution < -0.4 is 10.9 Å². The van der Waals surface area contributed by atoms with Crippen LogP contribution in [0.5, 0.6) is 0 Å². The molecule has 22 heavy (non-hydrogen) atoms. The van der Waals surface area contributed by atoms with Crippen molar-refractivity contribution in [2.75, 3.05) is 23.9 Å². The van der Waals surface area contributed by atoms with Crippen molar-refractivity contribution in [2.24, 2.45) is 0 Å². The summed E-state index contributed by atoms with van der Waals surface area (Å²) in [6.45, 7) is 1.65. The van der Waals surface area contributed by atoms with Crippen LogP contribution >= 0.6 is 11.8 Å². The molecule has 0 bridgehead atoms. The van der Waals surface area contributed by atoms with Crippen molar-refractivity contribution in [1.29, 1.82) is 0 Å². The second kappa shape index (κ2) is 6.32. The lowest BCUT2D eigenvalue weighted by Crippen LogP contribution is -2.36. The van der Waals surface area contributed by atoms with Gasteiger partial charge < -0.3 is 10.4 Å². The fraction of sp³-hybridized carbons (Fsp3) is 0.385. The zero-order chi connectivity index (χ0) is 16.3. The average molecular weight is 324 g/mol. The van der Waals surface area contributed by atoms with Crippen LogP contribution in [0.1, 0.15) is 6.92 Å². The molecule has 118 valence electrons. The molecule has 8 nitrogen and oxygen atoms in total. The summed E-state index contributed by atoms with van der Waals surface area (Å²) in [7, 11) is 0. The zero-order valence-corrected chi connectivity index (χ0v) is 13.0. The first-order valence-electron chi connectivity index (χ1n) is 6.47. The highest BCUT2D eigenvalue weighted by atomic mass is 32.2. The summed E-state index contributed by atoms with van der Waals surface area (Å²) in [5.74, 6) is 0.308. The smallest absolute Gasteiger partial charge is 0.376 e. The van der Waals surface area contributed by atoms with Gasteiger partial charge in [-0.2, -0.15) is 11.8 Å². The van der Waals surface area contributed by atoms with Crippen molar-refractivity contribution < 1.29 is 10.0 Å². The number of nitrogens with zero attached hydrogens (tertiary/aromatic N) is 3. The number of fused-ring (bicyclic) bond motifs is 1. The van der Waals surface area contributed by atoms with Crippen molar-refractivity contribution in [3.63, 3.8) is 0 Å². The Bertz CT molecular complexity index is 759. The Balaban J connectivity index is 2.46. The van der Waals surface area contributed by atoms with E-state index in [1.165, 1.54) is 18.0 Å². The van der Waals surface area contributed by atoms with E-state index in [0.717, 1.165) is 4.40 Å². The maximum Gasteiger partial charge on any atom is 0.376 e. The summed E-state index contributed by atoms with van der Waals surface area (Å²) in [6.07, 6.45) is 3.27. The molecule has 1 unspecified atom stereocenters. The van der Waals surface area contributed by atoms with Gasteiger partial charge in [-0.1, -0.05) is 6.07 Å². The first-order chi connectivity index (χ1) is 10.4. The van der Waals surface area contributed by atoms with Crippen LogP contribution in [-0.2, 0) is 0 Å². The van der Waals surface area contributed by atoms with Crippen LogP contribution in [0.2, 0.25) is 0 Å². The van der Waals surface area contributed by atoms with E-state index in [2.05, 4.69) is 10.3 Å². The zero-order valence-electron chi connectivity index (χ0n) is 12.1. The normalized spacial score (nSPS) is 13.8. The summed E-state index contributed by atoms with van der Waals surface area (Å²) in [5, 5.41) is 24.0. The second-order valence-corrected chi connectivity index (χ2v) is 5.95. The monoisotopic (exact) mass is 324 g/mol. The summed E-state index contributed by atoms with van der Waals surface area (Å²) >= 11 is 1.45. The van der Waals surface area contributed by atoms with Gasteiger partial charge in [-0.05, 0) is 25.3 Å². The van der Waals surface area contributed by atoms with Gasteiger partial charge in [0, 0.05) is 18.5 Å². The first kappa shape index (κ1) is 16.2. The van der Waals surface area contributed by atoms with Gasteiger partial charge in [0.25, 0.3) is 0 Å². The number of aromatic nitrogens is 2. The Morgan fingerprint density at radius 1 is 1.55 bits per heavy atom.